The first kappa shape index (κ1) is 21.2. The van der Waals surface area contributed by atoms with Gasteiger partial charge in [0.15, 0.2) is 11.6 Å². The van der Waals surface area contributed by atoms with Crippen LogP contribution in [0.3, 0.4) is 0 Å². The average Bonchev–Trinajstić information content (AvgIpc) is 2.75. The largest absolute Gasteiger partial charge is 0.393 e. The number of benzene rings is 3. The zero-order valence-corrected chi connectivity index (χ0v) is 16.6. The Labute approximate surface area is 177 Å². The smallest absolute Gasteiger partial charge is 0.159 e. The summed E-state index contributed by atoms with van der Waals surface area (Å²) in [6, 6.07) is 15.0. The van der Waals surface area contributed by atoms with Crippen LogP contribution >= 0.6 is 0 Å². The Hall–Kier alpha value is -3.06. The van der Waals surface area contributed by atoms with Crippen molar-refractivity contribution in [1.29, 1.82) is 0 Å². The molecule has 4 rings (SSSR count). The van der Waals surface area contributed by atoms with Gasteiger partial charge in [-0.25, -0.2) is 17.6 Å². The maximum atomic E-state index is 14.4. The van der Waals surface area contributed by atoms with E-state index in [1.54, 1.807) is 24.3 Å². The third kappa shape index (κ3) is 4.66. The summed E-state index contributed by atoms with van der Waals surface area (Å²) in [5.41, 5.74) is 1.25. The van der Waals surface area contributed by atoms with Crippen LogP contribution in [0.5, 0.6) is 0 Å². The van der Waals surface area contributed by atoms with Crippen LogP contribution < -0.4 is 10.2 Å². The highest BCUT2D eigenvalue weighted by atomic mass is 19.2. The minimum absolute atomic E-state index is 0.272. The second-order valence-electron chi connectivity index (χ2n) is 7.72. The Kier molecular flexibility index (Phi) is 6.13. The van der Waals surface area contributed by atoms with E-state index in [0.717, 1.165) is 12.1 Å². The highest BCUT2D eigenvalue weighted by Gasteiger charge is 2.36. The molecule has 0 amide bonds. The summed E-state index contributed by atoms with van der Waals surface area (Å²) in [6.07, 6.45) is -0.411. The topological polar surface area (TPSA) is 35.5 Å². The lowest BCUT2D eigenvalue weighted by Gasteiger charge is -2.42. The van der Waals surface area contributed by atoms with Crippen molar-refractivity contribution in [1.82, 2.24) is 0 Å². The molecule has 0 spiro atoms. The van der Waals surface area contributed by atoms with Crippen molar-refractivity contribution < 1.29 is 22.7 Å². The van der Waals surface area contributed by atoms with E-state index >= 15 is 0 Å². The lowest BCUT2D eigenvalue weighted by Crippen LogP contribution is -2.47. The Balaban J connectivity index is 1.70. The van der Waals surface area contributed by atoms with E-state index in [-0.39, 0.29) is 12.4 Å². The molecule has 3 aromatic carbocycles. The van der Waals surface area contributed by atoms with Gasteiger partial charge in [-0.1, -0.05) is 24.3 Å². The van der Waals surface area contributed by atoms with Crippen LogP contribution in [0.4, 0.5) is 28.9 Å². The molecule has 0 aromatic heterocycles. The van der Waals surface area contributed by atoms with Gasteiger partial charge in [-0.2, -0.15) is 0 Å². The van der Waals surface area contributed by atoms with Crippen molar-refractivity contribution in [3.63, 3.8) is 0 Å². The Bertz CT molecular complexity index is 1060. The molecular formula is C24H22F4N2O. The quantitative estimate of drug-likeness (QED) is 0.541. The van der Waals surface area contributed by atoms with Crippen LogP contribution in [0.1, 0.15) is 18.0 Å². The number of aliphatic hydroxyl groups excluding tert-OH is 1. The minimum atomic E-state index is -1.01. The number of piperidine rings is 1. The van der Waals surface area contributed by atoms with E-state index in [1.807, 2.05) is 4.90 Å². The molecule has 3 aromatic rings. The van der Waals surface area contributed by atoms with Crippen LogP contribution in [0.2, 0.25) is 0 Å². The third-order valence-electron chi connectivity index (χ3n) is 5.69. The summed E-state index contributed by atoms with van der Waals surface area (Å²) < 4.78 is 55.7. The van der Waals surface area contributed by atoms with Gasteiger partial charge in [0.05, 0.1) is 17.8 Å². The molecule has 1 aliphatic rings. The Morgan fingerprint density at radius 3 is 2.42 bits per heavy atom. The number of anilines is 2. The third-order valence-corrected chi connectivity index (χ3v) is 5.69. The molecule has 1 aliphatic heterocycles. The van der Waals surface area contributed by atoms with Gasteiger partial charge in [0, 0.05) is 24.7 Å². The first-order chi connectivity index (χ1) is 14.9. The van der Waals surface area contributed by atoms with Crippen molar-refractivity contribution in [3.8, 4) is 0 Å². The van der Waals surface area contributed by atoms with E-state index in [0.29, 0.717) is 29.9 Å². The molecule has 0 radical (unpaired) electrons. The summed E-state index contributed by atoms with van der Waals surface area (Å²) in [5.74, 6) is -3.32. The van der Waals surface area contributed by atoms with Gasteiger partial charge < -0.3 is 15.3 Å². The average molecular weight is 430 g/mol. The van der Waals surface area contributed by atoms with Crippen LogP contribution in [-0.4, -0.2) is 24.3 Å². The minimum Gasteiger partial charge on any atom is -0.393 e. The van der Waals surface area contributed by atoms with Crippen molar-refractivity contribution in [2.45, 2.75) is 18.6 Å². The highest BCUT2D eigenvalue weighted by Crippen LogP contribution is 2.36. The molecule has 2 N–H and O–H groups in total. The summed E-state index contributed by atoms with van der Waals surface area (Å²) in [7, 11) is 0. The molecule has 1 heterocycles. The zero-order chi connectivity index (χ0) is 22.0. The van der Waals surface area contributed by atoms with Crippen molar-refractivity contribution in [3.05, 3.63) is 95.6 Å². The van der Waals surface area contributed by atoms with Gasteiger partial charge in [0.2, 0.25) is 0 Å². The van der Waals surface area contributed by atoms with Crippen LogP contribution in [0.15, 0.2) is 66.7 Å². The molecular weight excluding hydrogens is 408 g/mol. The van der Waals surface area contributed by atoms with Gasteiger partial charge in [-0.15, -0.1) is 0 Å². The van der Waals surface area contributed by atoms with Gasteiger partial charge in [0.1, 0.15) is 11.6 Å². The van der Waals surface area contributed by atoms with Crippen LogP contribution in [0, 0.1) is 29.2 Å². The van der Waals surface area contributed by atoms with Crippen molar-refractivity contribution >= 4 is 11.4 Å². The second kappa shape index (κ2) is 8.98. The summed E-state index contributed by atoms with van der Waals surface area (Å²) >= 11 is 0. The first-order valence-electron chi connectivity index (χ1n) is 10.1. The van der Waals surface area contributed by atoms with Gasteiger partial charge in [0.25, 0.3) is 0 Å². The highest BCUT2D eigenvalue weighted by molar-refractivity contribution is 5.50. The molecule has 1 saturated heterocycles. The van der Waals surface area contributed by atoms with Gasteiger partial charge in [-0.3, -0.25) is 0 Å². The van der Waals surface area contributed by atoms with Crippen molar-refractivity contribution in [2.75, 3.05) is 23.3 Å². The number of nitrogens with zero attached hydrogens (tertiary/aromatic N) is 1. The number of aliphatic hydroxyl groups is 1. The molecule has 0 bridgehead atoms. The summed E-state index contributed by atoms with van der Waals surface area (Å²) in [5, 5.41) is 13.9. The molecule has 3 atom stereocenters. The SMILES string of the molecule is O[C@@H]1CCN(c2ccccc2F)C[C@H]1[C@H](Nc1cccc(F)c1)c1ccc(F)c(F)c1. The maximum absolute atomic E-state index is 14.4. The molecule has 0 unspecified atom stereocenters. The fraction of sp³-hybridized carbons (Fsp3) is 0.250. The number of rotatable bonds is 5. The number of halogens is 4. The number of hydrogen-bond acceptors (Lipinski definition) is 3. The number of hydrogen-bond donors (Lipinski definition) is 2. The van der Waals surface area contributed by atoms with E-state index in [9.17, 15) is 22.7 Å². The second-order valence-corrected chi connectivity index (χ2v) is 7.72. The molecule has 162 valence electrons. The molecule has 1 fully saturated rings. The van der Waals surface area contributed by atoms with Crippen molar-refractivity contribution in [2.24, 2.45) is 5.92 Å². The zero-order valence-electron chi connectivity index (χ0n) is 16.6. The maximum Gasteiger partial charge on any atom is 0.159 e. The number of para-hydroxylation sites is 1. The van der Waals surface area contributed by atoms with Gasteiger partial charge >= 0.3 is 0 Å². The number of nitrogens with one attached hydrogen (secondary N) is 1. The predicted molar refractivity (Wildman–Crippen MR) is 112 cm³/mol. The van der Waals surface area contributed by atoms with E-state index in [2.05, 4.69) is 5.32 Å². The monoisotopic (exact) mass is 430 g/mol. The summed E-state index contributed by atoms with van der Waals surface area (Å²) in [6.45, 7) is 0.719. The fourth-order valence-corrected chi connectivity index (χ4v) is 4.13. The summed E-state index contributed by atoms with van der Waals surface area (Å²) in [4.78, 5) is 1.83. The predicted octanol–water partition coefficient (Wildman–Crippen LogP) is 5.28. The Morgan fingerprint density at radius 2 is 1.68 bits per heavy atom. The van der Waals surface area contributed by atoms with Crippen LogP contribution in [0.25, 0.3) is 0 Å². The van der Waals surface area contributed by atoms with Crippen LogP contribution in [-0.2, 0) is 0 Å². The standard InChI is InChI=1S/C24H22F4N2O/c25-16-4-3-5-17(13-16)29-24(15-8-9-19(26)21(28)12-15)18-14-30(11-10-23(18)31)22-7-2-1-6-20(22)27/h1-9,12-13,18,23-24,29,31H,10-11,14H2/t18-,23-,24-/m1/s1. The molecule has 7 heteroatoms. The molecule has 31 heavy (non-hydrogen) atoms. The fourth-order valence-electron chi connectivity index (χ4n) is 4.13. The van der Waals surface area contributed by atoms with E-state index < -0.39 is 35.5 Å². The van der Waals surface area contributed by atoms with Gasteiger partial charge in [-0.05, 0) is 54.4 Å². The van der Waals surface area contributed by atoms with E-state index in [1.165, 1.54) is 30.3 Å². The lowest BCUT2D eigenvalue weighted by atomic mass is 9.83. The lowest BCUT2D eigenvalue weighted by molar-refractivity contribution is 0.0773. The normalized spacial score (nSPS) is 19.8. The first-order valence-corrected chi connectivity index (χ1v) is 10.1. The molecule has 0 aliphatic carbocycles. The molecule has 3 nitrogen and oxygen atoms in total. The Morgan fingerprint density at radius 1 is 0.871 bits per heavy atom. The van der Waals surface area contributed by atoms with E-state index in [4.69, 9.17) is 0 Å². The molecule has 0 saturated carbocycles.